The molecule has 0 saturated heterocycles. The summed E-state index contributed by atoms with van der Waals surface area (Å²) in [5, 5.41) is 4.33. The van der Waals surface area contributed by atoms with Crippen molar-refractivity contribution in [3.8, 4) is 0 Å². The summed E-state index contributed by atoms with van der Waals surface area (Å²) in [5.41, 5.74) is 1.83. The normalized spacial score (nSPS) is 18.9. The monoisotopic (exact) mass is 194 g/mol. The lowest BCUT2D eigenvalue weighted by Gasteiger charge is -2.21. The van der Waals surface area contributed by atoms with Crippen LogP contribution in [0.4, 0.5) is 0 Å². The fraction of sp³-hybridized carbons (Fsp3) is 0.750. The molecule has 0 N–H and O–H groups in total. The first-order chi connectivity index (χ1) is 6.67. The second-order valence-electron chi connectivity index (χ2n) is 4.50. The van der Waals surface area contributed by atoms with Gasteiger partial charge in [-0.25, -0.2) is 0 Å². The first-order valence-corrected chi connectivity index (χ1v) is 5.68. The second kappa shape index (κ2) is 4.63. The van der Waals surface area contributed by atoms with Crippen molar-refractivity contribution < 1.29 is 0 Å². The molecule has 0 fully saturated rings. The number of fused-ring (bicyclic) bond motifs is 1. The molecule has 0 saturated carbocycles. The molecular weight excluding hydrogens is 172 g/mol. The van der Waals surface area contributed by atoms with Crippen LogP contribution in [-0.2, 0) is 13.0 Å². The molecule has 0 spiro atoms. The van der Waals surface area contributed by atoms with E-state index in [1.807, 2.05) is 20.0 Å². The molecule has 0 aliphatic carbocycles. The molecule has 2 heteroatoms. The zero-order chi connectivity index (χ0) is 10.6. The lowest BCUT2D eigenvalue weighted by atomic mass is 9.88. The number of hydrogen-bond donors (Lipinski definition) is 0. The van der Waals surface area contributed by atoms with E-state index < -0.39 is 0 Å². The van der Waals surface area contributed by atoms with Crippen molar-refractivity contribution in [1.29, 1.82) is 0 Å². The molecule has 0 aromatic carbocycles. The third kappa shape index (κ3) is 2.60. The van der Waals surface area contributed by atoms with E-state index in [2.05, 4.69) is 29.7 Å². The lowest BCUT2D eigenvalue weighted by Crippen LogP contribution is -2.18. The van der Waals surface area contributed by atoms with Crippen LogP contribution in [0.15, 0.2) is 12.3 Å². The average Bonchev–Trinajstić information content (AvgIpc) is 2.50. The van der Waals surface area contributed by atoms with E-state index in [0.717, 1.165) is 6.54 Å². The summed E-state index contributed by atoms with van der Waals surface area (Å²) in [4.78, 5) is 0. The minimum atomic E-state index is 0.428. The summed E-state index contributed by atoms with van der Waals surface area (Å²) < 4.78 is 2.16. The molecule has 1 aromatic rings. The van der Waals surface area contributed by atoms with Crippen LogP contribution in [0.1, 0.15) is 46.2 Å². The predicted molar refractivity (Wildman–Crippen MR) is 60.3 cm³/mol. The predicted octanol–water partition coefficient (Wildman–Crippen LogP) is 3.27. The minimum absolute atomic E-state index is 0.428. The zero-order valence-corrected chi connectivity index (χ0v) is 9.88. The Hall–Kier alpha value is -0.790. The first-order valence-electron chi connectivity index (χ1n) is 5.68. The highest BCUT2D eigenvalue weighted by Gasteiger charge is 2.22. The van der Waals surface area contributed by atoms with Crippen LogP contribution in [0, 0.1) is 5.41 Å². The van der Waals surface area contributed by atoms with Crippen LogP contribution in [-0.4, -0.2) is 9.78 Å². The molecule has 1 aliphatic rings. The Balaban J connectivity index is 0.000000461. The van der Waals surface area contributed by atoms with Crippen LogP contribution in [0.25, 0.3) is 0 Å². The molecule has 2 heterocycles. The van der Waals surface area contributed by atoms with E-state index in [1.54, 1.807) is 0 Å². The van der Waals surface area contributed by atoms with Gasteiger partial charge in [-0.1, -0.05) is 27.7 Å². The van der Waals surface area contributed by atoms with Crippen molar-refractivity contribution in [2.75, 3.05) is 0 Å². The molecule has 0 unspecified atom stereocenters. The van der Waals surface area contributed by atoms with E-state index in [0.29, 0.717) is 5.41 Å². The molecule has 0 radical (unpaired) electrons. The third-order valence-electron chi connectivity index (χ3n) is 2.67. The number of aromatic nitrogens is 2. The van der Waals surface area contributed by atoms with Gasteiger partial charge in [-0.05, 0) is 30.7 Å². The SMILES string of the molecule is CC.CC1(C)CCCc2ccnn2C1. The van der Waals surface area contributed by atoms with Gasteiger partial charge in [0, 0.05) is 18.4 Å². The van der Waals surface area contributed by atoms with Gasteiger partial charge in [0.1, 0.15) is 0 Å². The Morgan fingerprint density at radius 1 is 1.36 bits per heavy atom. The van der Waals surface area contributed by atoms with Crippen molar-refractivity contribution >= 4 is 0 Å². The summed E-state index contributed by atoms with van der Waals surface area (Å²) >= 11 is 0. The van der Waals surface area contributed by atoms with Gasteiger partial charge in [0.25, 0.3) is 0 Å². The van der Waals surface area contributed by atoms with Gasteiger partial charge in [0.05, 0.1) is 0 Å². The van der Waals surface area contributed by atoms with Crippen molar-refractivity contribution in [2.24, 2.45) is 5.41 Å². The number of hydrogen-bond acceptors (Lipinski definition) is 1. The molecule has 14 heavy (non-hydrogen) atoms. The zero-order valence-electron chi connectivity index (χ0n) is 9.88. The largest absolute Gasteiger partial charge is 0.269 e. The van der Waals surface area contributed by atoms with E-state index in [9.17, 15) is 0 Å². The van der Waals surface area contributed by atoms with Gasteiger partial charge in [-0.15, -0.1) is 0 Å². The van der Waals surface area contributed by atoms with E-state index in [-0.39, 0.29) is 0 Å². The van der Waals surface area contributed by atoms with Gasteiger partial charge in [-0.3, -0.25) is 4.68 Å². The van der Waals surface area contributed by atoms with Crippen molar-refractivity contribution in [1.82, 2.24) is 9.78 Å². The molecule has 1 aliphatic heterocycles. The van der Waals surface area contributed by atoms with E-state index in [4.69, 9.17) is 0 Å². The fourth-order valence-corrected chi connectivity index (χ4v) is 1.95. The summed E-state index contributed by atoms with van der Waals surface area (Å²) in [7, 11) is 0. The summed E-state index contributed by atoms with van der Waals surface area (Å²) in [6.07, 6.45) is 5.73. The molecule has 80 valence electrons. The van der Waals surface area contributed by atoms with Crippen LogP contribution in [0.2, 0.25) is 0 Å². The fourth-order valence-electron chi connectivity index (χ4n) is 1.95. The van der Waals surface area contributed by atoms with Gasteiger partial charge in [-0.2, -0.15) is 5.10 Å². The summed E-state index contributed by atoms with van der Waals surface area (Å²) in [5.74, 6) is 0. The summed E-state index contributed by atoms with van der Waals surface area (Å²) in [6, 6.07) is 2.14. The molecule has 0 amide bonds. The minimum Gasteiger partial charge on any atom is -0.269 e. The summed E-state index contributed by atoms with van der Waals surface area (Å²) in [6.45, 7) is 9.73. The maximum Gasteiger partial charge on any atom is 0.0492 e. The molecule has 0 atom stereocenters. The third-order valence-corrected chi connectivity index (χ3v) is 2.67. The standard InChI is InChI=1S/C10H16N2.C2H6/c1-10(2)6-3-4-9-5-7-11-12(9)8-10;1-2/h5,7H,3-4,6,8H2,1-2H3;1-2H3. The quantitative estimate of drug-likeness (QED) is 0.620. The van der Waals surface area contributed by atoms with Crippen molar-refractivity contribution in [3.63, 3.8) is 0 Å². The Kier molecular flexibility index (Phi) is 3.73. The van der Waals surface area contributed by atoms with Gasteiger partial charge in [0.15, 0.2) is 0 Å². The highest BCUT2D eigenvalue weighted by Crippen LogP contribution is 2.28. The van der Waals surface area contributed by atoms with Crippen molar-refractivity contribution in [3.05, 3.63) is 18.0 Å². The van der Waals surface area contributed by atoms with E-state index in [1.165, 1.54) is 25.0 Å². The smallest absolute Gasteiger partial charge is 0.0492 e. The molecule has 1 aromatic heterocycles. The van der Waals surface area contributed by atoms with Crippen LogP contribution in [0.5, 0.6) is 0 Å². The molecule has 2 nitrogen and oxygen atoms in total. The number of rotatable bonds is 0. The Morgan fingerprint density at radius 2 is 2.07 bits per heavy atom. The van der Waals surface area contributed by atoms with Crippen LogP contribution >= 0.6 is 0 Å². The second-order valence-corrected chi connectivity index (χ2v) is 4.50. The molecular formula is C12H22N2. The molecule has 2 rings (SSSR count). The average molecular weight is 194 g/mol. The first kappa shape index (κ1) is 11.3. The highest BCUT2D eigenvalue weighted by molar-refractivity contribution is 5.02. The maximum absolute atomic E-state index is 4.33. The number of aryl methyl sites for hydroxylation is 1. The van der Waals surface area contributed by atoms with Crippen LogP contribution < -0.4 is 0 Å². The lowest BCUT2D eigenvalue weighted by molar-refractivity contribution is 0.277. The maximum atomic E-state index is 4.33. The molecule has 0 bridgehead atoms. The van der Waals surface area contributed by atoms with Crippen molar-refractivity contribution in [2.45, 2.75) is 53.5 Å². The highest BCUT2D eigenvalue weighted by atomic mass is 15.3. The number of nitrogens with zero attached hydrogens (tertiary/aromatic N) is 2. The van der Waals surface area contributed by atoms with E-state index >= 15 is 0 Å². The Morgan fingerprint density at radius 3 is 2.79 bits per heavy atom. The van der Waals surface area contributed by atoms with Crippen LogP contribution in [0.3, 0.4) is 0 Å². The Labute approximate surface area is 87.3 Å². The Bertz CT molecular complexity index is 274. The van der Waals surface area contributed by atoms with Gasteiger partial charge in [0.2, 0.25) is 0 Å². The van der Waals surface area contributed by atoms with Gasteiger partial charge < -0.3 is 0 Å². The topological polar surface area (TPSA) is 17.8 Å². The van der Waals surface area contributed by atoms with Gasteiger partial charge >= 0.3 is 0 Å².